The molecule has 0 radical (unpaired) electrons. The summed E-state index contributed by atoms with van der Waals surface area (Å²) in [5.74, 6) is 0.681. The number of nitrogens with zero attached hydrogens (tertiary/aromatic N) is 2. The van der Waals surface area contributed by atoms with Crippen LogP contribution in [0.5, 0.6) is 0 Å². The average molecular weight is 247 g/mol. The molecule has 2 N–H and O–H groups in total. The van der Waals surface area contributed by atoms with Gasteiger partial charge in [0, 0.05) is 25.0 Å². The molecule has 1 aromatic heterocycles. The quantitative estimate of drug-likeness (QED) is 0.869. The number of nitrogens with two attached hydrogens (primary N) is 1. The van der Waals surface area contributed by atoms with Gasteiger partial charge in [-0.2, -0.15) is 0 Å². The Morgan fingerprint density at radius 1 is 1.28 bits per heavy atom. The van der Waals surface area contributed by atoms with Crippen LogP contribution in [0.4, 0.5) is 0 Å². The number of hydrogen-bond acceptors (Lipinski definition) is 3. The molecule has 1 aliphatic carbocycles. The molecule has 0 aliphatic heterocycles. The highest BCUT2D eigenvalue weighted by Gasteiger charge is 2.28. The van der Waals surface area contributed by atoms with Crippen LogP contribution in [0.25, 0.3) is 0 Å². The highest BCUT2D eigenvalue weighted by atomic mass is 15.2. The van der Waals surface area contributed by atoms with Crippen LogP contribution in [0.1, 0.15) is 38.2 Å². The van der Waals surface area contributed by atoms with Crippen molar-refractivity contribution >= 4 is 0 Å². The van der Waals surface area contributed by atoms with E-state index in [1.807, 2.05) is 12.4 Å². The van der Waals surface area contributed by atoms with Gasteiger partial charge in [-0.15, -0.1) is 0 Å². The van der Waals surface area contributed by atoms with Crippen LogP contribution >= 0.6 is 0 Å². The first-order chi connectivity index (χ1) is 8.85. The summed E-state index contributed by atoms with van der Waals surface area (Å²) in [6.07, 6.45) is 9.07. The maximum Gasteiger partial charge on any atom is 0.0271 e. The van der Waals surface area contributed by atoms with Gasteiger partial charge in [0.25, 0.3) is 0 Å². The zero-order valence-corrected chi connectivity index (χ0v) is 11.4. The molecule has 1 saturated carbocycles. The normalized spacial score (nSPS) is 24.4. The smallest absolute Gasteiger partial charge is 0.0271 e. The van der Waals surface area contributed by atoms with Crippen molar-refractivity contribution in [3.05, 3.63) is 30.1 Å². The second-order valence-corrected chi connectivity index (χ2v) is 5.27. The van der Waals surface area contributed by atoms with E-state index >= 15 is 0 Å². The molecule has 0 spiro atoms. The summed E-state index contributed by atoms with van der Waals surface area (Å²) in [5, 5.41) is 0. The largest absolute Gasteiger partial charge is 0.330 e. The Bertz CT molecular complexity index is 339. The van der Waals surface area contributed by atoms with E-state index in [4.69, 9.17) is 5.73 Å². The minimum Gasteiger partial charge on any atom is -0.330 e. The number of aromatic nitrogens is 1. The Morgan fingerprint density at radius 2 is 2.00 bits per heavy atom. The number of hydrogen-bond donors (Lipinski definition) is 1. The van der Waals surface area contributed by atoms with Gasteiger partial charge in [0.1, 0.15) is 0 Å². The van der Waals surface area contributed by atoms with E-state index in [-0.39, 0.29) is 0 Å². The molecule has 0 amide bonds. The van der Waals surface area contributed by atoms with Gasteiger partial charge in [-0.1, -0.05) is 19.8 Å². The lowest BCUT2D eigenvalue weighted by Gasteiger charge is -2.39. The molecule has 0 bridgehead atoms. The maximum atomic E-state index is 5.94. The van der Waals surface area contributed by atoms with E-state index in [2.05, 4.69) is 28.9 Å². The standard InChI is InChI=1S/C15H25N3/c1-2-18(12-13-7-9-17-10-8-13)15-6-4-3-5-14(15)11-16/h7-10,14-15H,2-6,11-12,16H2,1H3. The fourth-order valence-electron chi connectivity index (χ4n) is 3.13. The Labute approximate surface area is 110 Å². The van der Waals surface area contributed by atoms with E-state index in [9.17, 15) is 0 Å². The SMILES string of the molecule is CCN(Cc1ccncc1)C1CCCCC1CN. The van der Waals surface area contributed by atoms with Gasteiger partial charge in [-0.3, -0.25) is 9.88 Å². The number of rotatable bonds is 5. The molecule has 2 unspecified atom stereocenters. The molecular weight excluding hydrogens is 222 g/mol. The first kappa shape index (κ1) is 13.5. The zero-order chi connectivity index (χ0) is 12.8. The van der Waals surface area contributed by atoms with Crippen molar-refractivity contribution in [3.8, 4) is 0 Å². The fourth-order valence-corrected chi connectivity index (χ4v) is 3.13. The molecule has 3 nitrogen and oxygen atoms in total. The zero-order valence-electron chi connectivity index (χ0n) is 11.4. The van der Waals surface area contributed by atoms with E-state index in [0.29, 0.717) is 12.0 Å². The van der Waals surface area contributed by atoms with Gasteiger partial charge in [0.15, 0.2) is 0 Å². The summed E-state index contributed by atoms with van der Waals surface area (Å²) in [4.78, 5) is 6.67. The monoisotopic (exact) mass is 247 g/mol. The van der Waals surface area contributed by atoms with Crippen molar-refractivity contribution in [1.82, 2.24) is 9.88 Å². The summed E-state index contributed by atoms with van der Waals surface area (Å²) in [7, 11) is 0. The van der Waals surface area contributed by atoms with Gasteiger partial charge < -0.3 is 5.73 Å². The van der Waals surface area contributed by atoms with E-state index in [1.54, 1.807) is 0 Å². The van der Waals surface area contributed by atoms with E-state index in [1.165, 1.54) is 31.2 Å². The summed E-state index contributed by atoms with van der Waals surface area (Å²) >= 11 is 0. The van der Waals surface area contributed by atoms with Crippen molar-refractivity contribution in [1.29, 1.82) is 0 Å². The Balaban J connectivity index is 2.03. The van der Waals surface area contributed by atoms with Gasteiger partial charge in [0.05, 0.1) is 0 Å². The summed E-state index contributed by atoms with van der Waals surface area (Å²) in [6.45, 7) is 5.21. The Morgan fingerprint density at radius 3 is 2.67 bits per heavy atom. The molecule has 3 heteroatoms. The molecule has 1 fully saturated rings. The molecule has 2 atom stereocenters. The van der Waals surface area contributed by atoms with Gasteiger partial charge in [-0.05, 0) is 49.5 Å². The lowest BCUT2D eigenvalue weighted by molar-refractivity contribution is 0.105. The fraction of sp³-hybridized carbons (Fsp3) is 0.667. The van der Waals surface area contributed by atoms with Crippen molar-refractivity contribution in [2.24, 2.45) is 11.7 Å². The van der Waals surface area contributed by atoms with Gasteiger partial charge in [0.2, 0.25) is 0 Å². The second-order valence-electron chi connectivity index (χ2n) is 5.27. The van der Waals surface area contributed by atoms with Gasteiger partial charge >= 0.3 is 0 Å². The van der Waals surface area contributed by atoms with Crippen LogP contribution in [0.2, 0.25) is 0 Å². The van der Waals surface area contributed by atoms with Crippen molar-refractivity contribution in [3.63, 3.8) is 0 Å². The van der Waals surface area contributed by atoms with Gasteiger partial charge in [-0.25, -0.2) is 0 Å². The van der Waals surface area contributed by atoms with Crippen LogP contribution in [0, 0.1) is 5.92 Å². The lowest BCUT2D eigenvalue weighted by atomic mass is 9.83. The Kier molecular flexibility index (Phi) is 5.14. The summed E-state index contributed by atoms with van der Waals surface area (Å²) < 4.78 is 0. The molecule has 2 rings (SSSR count). The van der Waals surface area contributed by atoms with Crippen molar-refractivity contribution < 1.29 is 0 Å². The minimum atomic E-state index is 0.668. The van der Waals surface area contributed by atoms with Crippen LogP contribution in [0.3, 0.4) is 0 Å². The first-order valence-electron chi connectivity index (χ1n) is 7.18. The predicted molar refractivity (Wildman–Crippen MR) is 75.1 cm³/mol. The van der Waals surface area contributed by atoms with Crippen molar-refractivity contribution in [2.75, 3.05) is 13.1 Å². The third kappa shape index (κ3) is 3.30. The highest BCUT2D eigenvalue weighted by Crippen LogP contribution is 2.28. The van der Waals surface area contributed by atoms with Crippen LogP contribution in [-0.4, -0.2) is 29.0 Å². The Hall–Kier alpha value is -0.930. The van der Waals surface area contributed by atoms with Crippen LogP contribution in [-0.2, 0) is 6.54 Å². The first-order valence-corrected chi connectivity index (χ1v) is 7.18. The average Bonchev–Trinajstić information content (AvgIpc) is 2.46. The molecule has 18 heavy (non-hydrogen) atoms. The minimum absolute atomic E-state index is 0.668. The summed E-state index contributed by atoms with van der Waals surface area (Å²) in [6, 6.07) is 4.90. The molecule has 0 saturated heterocycles. The second kappa shape index (κ2) is 6.86. The molecule has 1 heterocycles. The lowest BCUT2D eigenvalue weighted by Crippen LogP contribution is -2.44. The van der Waals surface area contributed by atoms with Crippen LogP contribution < -0.4 is 5.73 Å². The van der Waals surface area contributed by atoms with Crippen LogP contribution in [0.15, 0.2) is 24.5 Å². The molecular formula is C15H25N3. The molecule has 1 aliphatic rings. The third-order valence-corrected chi connectivity index (χ3v) is 4.18. The maximum absolute atomic E-state index is 5.94. The topological polar surface area (TPSA) is 42.2 Å². The number of pyridine rings is 1. The van der Waals surface area contributed by atoms with Crippen molar-refractivity contribution in [2.45, 2.75) is 45.2 Å². The molecule has 0 aromatic carbocycles. The third-order valence-electron chi connectivity index (χ3n) is 4.18. The molecule has 1 aromatic rings. The van der Waals surface area contributed by atoms with E-state index in [0.717, 1.165) is 19.6 Å². The summed E-state index contributed by atoms with van der Waals surface area (Å²) in [5.41, 5.74) is 7.30. The molecule has 100 valence electrons. The predicted octanol–water partition coefficient (Wildman–Crippen LogP) is 2.42. The highest BCUT2D eigenvalue weighted by molar-refractivity contribution is 5.09. The van der Waals surface area contributed by atoms with E-state index < -0.39 is 0 Å².